The molecule has 0 saturated heterocycles. The molecule has 3 heteroatoms. The normalized spacial score (nSPS) is 10.6. The Bertz CT molecular complexity index is 785. The Kier molecular flexibility index (Phi) is 6.48. The van der Waals surface area contributed by atoms with E-state index in [1.54, 1.807) is 0 Å². The molecule has 0 aliphatic carbocycles. The second kappa shape index (κ2) is 9.22. The summed E-state index contributed by atoms with van der Waals surface area (Å²) in [6.45, 7) is 7.73. The SMILES string of the molecule is CCCOc1ccc(-c2cc(C)nc(-c3ccc(OCCC)cc3)c2)cc1. The highest BCUT2D eigenvalue weighted by Crippen LogP contribution is 2.28. The Hall–Kier alpha value is -2.81. The van der Waals surface area contributed by atoms with Crippen LogP contribution in [-0.4, -0.2) is 18.2 Å². The number of hydrogen-bond donors (Lipinski definition) is 0. The zero-order valence-corrected chi connectivity index (χ0v) is 16.4. The van der Waals surface area contributed by atoms with Crippen molar-refractivity contribution in [1.82, 2.24) is 4.98 Å². The molecule has 0 N–H and O–H groups in total. The first-order chi connectivity index (χ1) is 13.2. The number of aromatic nitrogens is 1. The van der Waals surface area contributed by atoms with Crippen molar-refractivity contribution in [1.29, 1.82) is 0 Å². The van der Waals surface area contributed by atoms with Gasteiger partial charge >= 0.3 is 0 Å². The fourth-order valence-electron chi connectivity index (χ4n) is 2.89. The van der Waals surface area contributed by atoms with Crippen LogP contribution in [-0.2, 0) is 0 Å². The summed E-state index contributed by atoms with van der Waals surface area (Å²) in [5.74, 6) is 1.81. The van der Waals surface area contributed by atoms with E-state index in [9.17, 15) is 0 Å². The van der Waals surface area contributed by atoms with Gasteiger partial charge in [0, 0.05) is 11.3 Å². The first kappa shape index (κ1) is 19.0. The molecule has 0 atom stereocenters. The fraction of sp³-hybridized carbons (Fsp3) is 0.292. The molecule has 0 amide bonds. The van der Waals surface area contributed by atoms with Gasteiger partial charge in [-0.3, -0.25) is 4.98 Å². The predicted molar refractivity (Wildman–Crippen MR) is 111 cm³/mol. The summed E-state index contributed by atoms with van der Waals surface area (Å²) in [7, 11) is 0. The van der Waals surface area contributed by atoms with Gasteiger partial charge in [-0.1, -0.05) is 26.0 Å². The quantitative estimate of drug-likeness (QED) is 0.472. The minimum atomic E-state index is 0.740. The Labute approximate surface area is 162 Å². The molecule has 0 aliphatic heterocycles. The average molecular weight is 361 g/mol. The van der Waals surface area contributed by atoms with Crippen molar-refractivity contribution in [2.45, 2.75) is 33.6 Å². The molecule has 27 heavy (non-hydrogen) atoms. The second-order valence-corrected chi connectivity index (χ2v) is 6.63. The lowest BCUT2D eigenvalue weighted by Crippen LogP contribution is -1.95. The average Bonchev–Trinajstić information content (AvgIpc) is 2.71. The molecule has 0 aliphatic rings. The van der Waals surface area contributed by atoms with E-state index < -0.39 is 0 Å². The van der Waals surface area contributed by atoms with Gasteiger partial charge < -0.3 is 9.47 Å². The summed E-state index contributed by atoms with van der Waals surface area (Å²) in [5, 5.41) is 0. The van der Waals surface area contributed by atoms with Crippen LogP contribution in [0, 0.1) is 6.92 Å². The van der Waals surface area contributed by atoms with Crippen LogP contribution < -0.4 is 9.47 Å². The maximum absolute atomic E-state index is 5.68. The standard InChI is InChI=1S/C24H27NO2/c1-4-14-26-22-10-6-19(7-11-22)21-16-18(3)25-24(17-21)20-8-12-23(13-9-20)27-15-5-2/h6-13,16-17H,4-5,14-15H2,1-3H3. The van der Waals surface area contributed by atoms with E-state index in [-0.39, 0.29) is 0 Å². The molecule has 3 aromatic rings. The summed E-state index contributed by atoms with van der Waals surface area (Å²) in [6.07, 6.45) is 2.02. The largest absolute Gasteiger partial charge is 0.494 e. The van der Waals surface area contributed by atoms with E-state index in [1.165, 1.54) is 0 Å². The minimum Gasteiger partial charge on any atom is -0.494 e. The van der Waals surface area contributed by atoms with Crippen LogP contribution >= 0.6 is 0 Å². The highest BCUT2D eigenvalue weighted by Gasteiger charge is 2.06. The highest BCUT2D eigenvalue weighted by molar-refractivity contribution is 5.71. The van der Waals surface area contributed by atoms with E-state index in [0.717, 1.165) is 65.6 Å². The Morgan fingerprint density at radius 2 is 1.19 bits per heavy atom. The van der Waals surface area contributed by atoms with Gasteiger partial charge in [0.15, 0.2) is 0 Å². The molecule has 0 bridgehead atoms. The van der Waals surface area contributed by atoms with Crippen LogP contribution in [0.4, 0.5) is 0 Å². The Morgan fingerprint density at radius 1 is 0.667 bits per heavy atom. The third-order valence-electron chi connectivity index (χ3n) is 4.24. The van der Waals surface area contributed by atoms with Crippen molar-refractivity contribution >= 4 is 0 Å². The monoisotopic (exact) mass is 361 g/mol. The smallest absolute Gasteiger partial charge is 0.119 e. The molecule has 0 radical (unpaired) electrons. The van der Waals surface area contributed by atoms with Crippen molar-refractivity contribution in [3.63, 3.8) is 0 Å². The number of hydrogen-bond acceptors (Lipinski definition) is 3. The van der Waals surface area contributed by atoms with E-state index in [4.69, 9.17) is 14.5 Å². The number of benzene rings is 2. The summed E-state index contributed by atoms with van der Waals surface area (Å²) < 4.78 is 11.3. The maximum Gasteiger partial charge on any atom is 0.119 e. The third-order valence-corrected chi connectivity index (χ3v) is 4.24. The van der Waals surface area contributed by atoms with Crippen LogP contribution in [0.3, 0.4) is 0 Å². The first-order valence-corrected chi connectivity index (χ1v) is 9.64. The van der Waals surface area contributed by atoms with E-state index in [2.05, 4.69) is 50.2 Å². The molecule has 0 fully saturated rings. The highest BCUT2D eigenvalue weighted by atomic mass is 16.5. The third kappa shape index (κ3) is 5.10. The molecule has 2 aromatic carbocycles. The van der Waals surface area contributed by atoms with Crippen molar-refractivity contribution in [3.8, 4) is 33.9 Å². The summed E-state index contributed by atoms with van der Waals surface area (Å²) in [6, 6.07) is 20.7. The van der Waals surface area contributed by atoms with Crippen LogP contribution in [0.5, 0.6) is 11.5 Å². The lowest BCUT2D eigenvalue weighted by molar-refractivity contribution is 0.317. The second-order valence-electron chi connectivity index (χ2n) is 6.63. The number of rotatable bonds is 8. The minimum absolute atomic E-state index is 0.740. The summed E-state index contributed by atoms with van der Waals surface area (Å²) >= 11 is 0. The van der Waals surface area contributed by atoms with Crippen LogP contribution in [0.1, 0.15) is 32.4 Å². The van der Waals surface area contributed by atoms with Gasteiger partial charge in [0.2, 0.25) is 0 Å². The van der Waals surface area contributed by atoms with Crippen molar-refractivity contribution in [2.24, 2.45) is 0 Å². The van der Waals surface area contributed by atoms with Gasteiger partial charge in [-0.15, -0.1) is 0 Å². The zero-order valence-electron chi connectivity index (χ0n) is 16.4. The van der Waals surface area contributed by atoms with E-state index >= 15 is 0 Å². The molecule has 3 nitrogen and oxygen atoms in total. The summed E-state index contributed by atoms with van der Waals surface area (Å²) in [5.41, 5.74) is 5.38. The van der Waals surface area contributed by atoms with Gasteiger partial charge in [0.1, 0.15) is 11.5 Å². The lowest BCUT2D eigenvalue weighted by atomic mass is 10.0. The first-order valence-electron chi connectivity index (χ1n) is 9.64. The molecule has 1 heterocycles. The maximum atomic E-state index is 5.68. The van der Waals surface area contributed by atoms with Gasteiger partial charge in [0.25, 0.3) is 0 Å². The molecule has 0 spiro atoms. The molecule has 1 aromatic heterocycles. The topological polar surface area (TPSA) is 31.4 Å². The number of pyridine rings is 1. The van der Waals surface area contributed by atoms with Gasteiger partial charge in [0.05, 0.1) is 18.9 Å². The molecule has 0 saturated carbocycles. The molecular formula is C24H27NO2. The molecular weight excluding hydrogens is 334 g/mol. The van der Waals surface area contributed by atoms with E-state index in [0.29, 0.717) is 0 Å². The Morgan fingerprint density at radius 3 is 1.70 bits per heavy atom. The summed E-state index contributed by atoms with van der Waals surface area (Å²) in [4.78, 5) is 4.71. The molecule has 3 rings (SSSR count). The van der Waals surface area contributed by atoms with Crippen LogP contribution in [0.25, 0.3) is 22.4 Å². The van der Waals surface area contributed by atoms with Crippen molar-refractivity contribution in [2.75, 3.05) is 13.2 Å². The van der Waals surface area contributed by atoms with Crippen molar-refractivity contribution < 1.29 is 9.47 Å². The van der Waals surface area contributed by atoms with Gasteiger partial charge in [-0.05, 0) is 79.4 Å². The fourth-order valence-corrected chi connectivity index (χ4v) is 2.89. The van der Waals surface area contributed by atoms with Gasteiger partial charge in [-0.2, -0.15) is 0 Å². The van der Waals surface area contributed by atoms with Gasteiger partial charge in [-0.25, -0.2) is 0 Å². The predicted octanol–water partition coefficient (Wildman–Crippen LogP) is 6.30. The zero-order chi connectivity index (χ0) is 19.1. The number of nitrogens with zero attached hydrogens (tertiary/aromatic N) is 1. The van der Waals surface area contributed by atoms with Crippen LogP contribution in [0.2, 0.25) is 0 Å². The molecule has 0 unspecified atom stereocenters. The van der Waals surface area contributed by atoms with Crippen molar-refractivity contribution in [3.05, 3.63) is 66.4 Å². The number of ether oxygens (including phenoxy) is 2. The number of aryl methyl sites for hydroxylation is 1. The lowest BCUT2D eigenvalue weighted by Gasteiger charge is -2.10. The Balaban J connectivity index is 1.83. The molecule has 140 valence electrons. The van der Waals surface area contributed by atoms with Crippen LogP contribution in [0.15, 0.2) is 60.7 Å². The van der Waals surface area contributed by atoms with E-state index in [1.807, 2.05) is 31.2 Å².